The lowest BCUT2D eigenvalue weighted by molar-refractivity contribution is 1.60. The molecule has 3 heteroatoms. The third kappa shape index (κ3) is 2.28. The number of hydrogen-bond donors (Lipinski definition) is 0. The summed E-state index contributed by atoms with van der Waals surface area (Å²) < 4.78 is 1.98. The van der Waals surface area contributed by atoms with Crippen LogP contribution in [0.4, 0.5) is 0 Å². The molecule has 0 spiro atoms. The third-order valence-electron chi connectivity index (χ3n) is 0.827. The molecule has 1 aromatic carbocycles. The van der Waals surface area contributed by atoms with Crippen molar-refractivity contribution >= 4 is 43.5 Å². The van der Waals surface area contributed by atoms with Gasteiger partial charge in [-0.2, -0.15) is 0 Å². The van der Waals surface area contributed by atoms with Crippen LogP contribution in [0.1, 0.15) is 0 Å². The average Bonchev–Trinajstić information content (AvgIpc) is 1.59. The molecule has 0 saturated heterocycles. The van der Waals surface area contributed by atoms with Crippen molar-refractivity contribution in [1.82, 2.24) is 0 Å². The molecule has 0 N–H and O–H groups in total. The zero-order valence-electron chi connectivity index (χ0n) is 4.37. The summed E-state index contributed by atoms with van der Waals surface area (Å²) in [4.78, 5) is 0. The Kier molecular flexibility index (Phi) is 2.56. The minimum atomic E-state index is 0.733. The van der Waals surface area contributed by atoms with E-state index in [0.717, 1.165) is 14.0 Å². The Morgan fingerprint density at radius 3 is 1.78 bits per heavy atom. The van der Waals surface area contributed by atoms with Gasteiger partial charge in [0, 0.05) is 14.0 Å². The molecule has 0 fully saturated rings. The van der Waals surface area contributed by atoms with Gasteiger partial charge < -0.3 is 0 Å². The van der Waals surface area contributed by atoms with Crippen LogP contribution in [0.5, 0.6) is 0 Å². The smallest absolute Gasteiger partial charge is 0.0428 e. The molecule has 0 amide bonds. The molecule has 0 radical (unpaired) electrons. The quantitative estimate of drug-likeness (QED) is 0.671. The maximum absolute atomic E-state index is 5.69. The minimum Gasteiger partial charge on any atom is -0.0843 e. The zero-order chi connectivity index (χ0) is 6.85. The molecule has 0 heterocycles. The molecule has 0 atom stereocenters. The van der Waals surface area contributed by atoms with Gasteiger partial charge in [-0.25, -0.2) is 0 Å². The number of hydrogen-bond acceptors (Lipinski definition) is 0. The van der Waals surface area contributed by atoms with Crippen LogP contribution in [0.25, 0.3) is 0 Å². The maximum Gasteiger partial charge on any atom is 0.0428 e. The van der Waals surface area contributed by atoms with E-state index in [1.165, 1.54) is 0 Å². The lowest BCUT2D eigenvalue weighted by Gasteiger charge is -1.92. The first-order valence-corrected chi connectivity index (χ1v) is 4.26. The first-order chi connectivity index (χ1) is 4.18. The Morgan fingerprint density at radius 2 is 1.44 bits per heavy atom. The fourth-order valence-electron chi connectivity index (χ4n) is 0.520. The first kappa shape index (κ1) is 7.58. The zero-order valence-corrected chi connectivity index (χ0v) is 8.29. The van der Waals surface area contributed by atoms with Gasteiger partial charge in [-0.15, -0.1) is 0 Å². The Bertz CT molecular complexity index is 172. The van der Waals surface area contributed by atoms with Gasteiger partial charge in [0.25, 0.3) is 0 Å². The molecule has 48 valence electrons. The van der Waals surface area contributed by atoms with Crippen molar-refractivity contribution in [1.29, 1.82) is 0 Å². The summed E-state index contributed by atoms with van der Waals surface area (Å²) in [6.07, 6.45) is 0. The summed E-state index contributed by atoms with van der Waals surface area (Å²) in [6, 6.07) is 5.62. The molecule has 1 rings (SSSR count). The standard InChI is InChI=1S/C6H3Br2Cl/c7-4-1-5(8)3-6(9)2-4/h1-3H. The molecule has 0 saturated carbocycles. The predicted octanol–water partition coefficient (Wildman–Crippen LogP) is 3.87. The summed E-state index contributed by atoms with van der Waals surface area (Å²) in [6.45, 7) is 0. The van der Waals surface area contributed by atoms with Crippen molar-refractivity contribution in [2.75, 3.05) is 0 Å². The Hall–Kier alpha value is 0.470. The van der Waals surface area contributed by atoms with Crippen LogP contribution in [0.2, 0.25) is 5.02 Å². The second kappa shape index (κ2) is 3.04. The van der Waals surface area contributed by atoms with Gasteiger partial charge in [0.15, 0.2) is 0 Å². The van der Waals surface area contributed by atoms with Crippen LogP contribution in [-0.4, -0.2) is 0 Å². The van der Waals surface area contributed by atoms with Gasteiger partial charge in [-0.05, 0) is 18.2 Å². The summed E-state index contributed by atoms with van der Waals surface area (Å²) in [7, 11) is 0. The highest BCUT2D eigenvalue weighted by Crippen LogP contribution is 2.22. The van der Waals surface area contributed by atoms with E-state index >= 15 is 0 Å². The van der Waals surface area contributed by atoms with Gasteiger partial charge in [0.2, 0.25) is 0 Å². The number of rotatable bonds is 0. The lowest BCUT2D eigenvalue weighted by Crippen LogP contribution is -1.66. The topological polar surface area (TPSA) is 0 Å². The average molecular weight is 270 g/mol. The van der Waals surface area contributed by atoms with E-state index in [1.54, 1.807) is 0 Å². The van der Waals surface area contributed by atoms with Gasteiger partial charge >= 0.3 is 0 Å². The van der Waals surface area contributed by atoms with Crippen molar-refractivity contribution in [2.24, 2.45) is 0 Å². The molecule has 1 aromatic rings. The molecule has 0 aliphatic heterocycles. The molecule has 0 aliphatic carbocycles. The van der Waals surface area contributed by atoms with Crippen molar-refractivity contribution in [2.45, 2.75) is 0 Å². The SMILES string of the molecule is Clc1cc(Br)cc(Br)c1. The lowest BCUT2D eigenvalue weighted by atomic mass is 10.4. The monoisotopic (exact) mass is 268 g/mol. The van der Waals surface area contributed by atoms with Crippen molar-refractivity contribution in [3.8, 4) is 0 Å². The van der Waals surface area contributed by atoms with Crippen molar-refractivity contribution in [3.63, 3.8) is 0 Å². The Morgan fingerprint density at radius 1 is 1.00 bits per heavy atom. The van der Waals surface area contributed by atoms with Gasteiger partial charge in [0.05, 0.1) is 0 Å². The van der Waals surface area contributed by atoms with Crippen LogP contribution in [0.15, 0.2) is 27.1 Å². The van der Waals surface area contributed by atoms with Gasteiger partial charge in [-0.3, -0.25) is 0 Å². The highest BCUT2D eigenvalue weighted by molar-refractivity contribution is 9.11. The van der Waals surface area contributed by atoms with Crippen LogP contribution in [-0.2, 0) is 0 Å². The molecule has 9 heavy (non-hydrogen) atoms. The predicted molar refractivity (Wildman–Crippen MR) is 46.9 cm³/mol. The van der Waals surface area contributed by atoms with E-state index < -0.39 is 0 Å². The summed E-state index contributed by atoms with van der Waals surface area (Å²) in [5, 5.41) is 0.733. The van der Waals surface area contributed by atoms with E-state index in [1.807, 2.05) is 18.2 Å². The summed E-state index contributed by atoms with van der Waals surface area (Å²) >= 11 is 12.3. The largest absolute Gasteiger partial charge is 0.0843 e. The maximum atomic E-state index is 5.69. The van der Waals surface area contributed by atoms with Gasteiger partial charge in [0.1, 0.15) is 0 Å². The van der Waals surface area contributed by atoms with Crippen LogP contribution in [0, 0.1) is 0 Å². The second-order valence-electron chi connectivity index (χ2n) is 1.59. The minimum absolute atomic E-state index is 0.733. The van der Waals surface area contributed by atoms with E-state index in [4.69, 9.17) is 11.6 Å². The second-order valence-corrected chi connectivity index (χ2v) is 3.86. The van der Waals surface area contributed by atoms with E-state index in [-0.39, 0.29) is 0 Å². The van der Waals surface area contributed by atoms with Crippen molar-refractivity contribution in [3.05, 3.63) is 32.2 Å². The first-order valence-electron chi connectivity index (χ1n) is 2.30. The highest BCUT2D eigenvalue weighted by atomic mass is 79.9. The molecule has 0 unspecified atom stereocenters. The summed E-state index contributed by atoms with van der Waals surface area (Å²) in [5.74, 6) is 0. The van der Waals surface area contributed by atoms with Crippen molar-refractivity contribution < 1.29 is 0 Å². The van der Waals surface area contributed by atoms with E-state index in [9.17, 15) is 0 Å². The molecule has 0 aliphatic rings. The third-order valence-corrected chi connectivity index (χ3v) is 1.96. The Labute approximate surface area is 75.5 Å². The van der Waals surface area contributed by atoms with Crippen LogP contribution >= 0.6 is 43.5 Å². The fraction of sp³-hybridized carbons (Fsp3) is 0. The van der Waals surface area contributed by atoms with Gasteiger partial charge in [-0.1, -0.05) is 43.5 Å². The Balaban J connectivity index is 3.17. The van der Waals surface area contributed by atoms with Crippen LogP contribution in [0.3, 0.4) is 0 Å². The van der Waals surface area contributed by atoms with E-state index in [2.05, 4.69) is 31.9 Å². The normalized spacial score (nSPS) is 9.67. The molecule has 0 nitrogen and oxygen atoms in total. The molecular formula is C6H3Br2Cl. The van der Waals surface area contributed by atoms with Crippen LogP contribution < -0.4 is 0 Å². The molecule has 0 bridgehead atoms. The molecular weight excluding hydrogens is 267 g/mol. The fourth-order valence-corrected chi connectivity index (χ4v) is 2.31. The number of benzene rings is 1. The summed E-state index contributed by atoms with van der Waals surface area (Å²) in [5.41, 5.74) is 0. The van der Waals surface area contributed by atoms with E-state index in [0.29, 0.717) is 0 Å². The molecule has 0 aromatic heterocycles. The highest BCUT2D eigenvalue weighted by Gasteiger charge is 1.91. The number of halogens is 3.